The second-order valence-electron chi connectivity index (χ2n) is 8.12. The predicted octanol–water partition coefficient (Wildman–Crippen LogP) is 4.57. The quantitative estimate of drug-likeness (QED) is 0.643. The number of pyridine rings is 1. The zero-order valence-electron chi connectivity index (χ0n) is 16.7. The fraction of sp³-hybridized carbons (Fsp3) is 0.409. The van der Waals surface area contributed by atoms with Gasteiger partial charge in [0, 0.05) is 36.8 Å². The molecule has 0 aliphatic carbocycles. The number of nitrogens with zero attached hydrogens (tertiary/aromatic N) is 4. The van der Waals surface area contributed by atoms with E-state index in [1.807, 2.05) is 0 Å². The molecule has 4 heterocycles. The summed E-state index contributed by atoms with van der Waals surface area (Å²) in [6.45, 7) is 2.35. The lowest BCUT2D eigenvalue weighted by molar-refractivity contribution is -0.137. The molecule has 2 saturated heterocycles. The van der Waals surface area contributed by atoms with E-state index in [4.69, 9.17) is 4.74 Å². The molecule has 162 valence electrons. The summed E-state index contributed by atoms with van der Waals surface area (Å²) in [6, 6.07) is 6.38. The SMILES string of the molecule is Oc1cc(C(F)(F)F)ccc1-c1nnc(N2CCC3(CCCO3)CC2)c2ncccc12. The maximum Gasteiger partial charge on any atom is 0.416 e. The summed E-state index contributed by atoms with van der Waals surface area (Å²) in [5, 5.41) is 19.6. The molecule has 0 atom stereocenters. The Morgan fingerprint density at radius 2 is 1.87 bits per heavy atom. The van der Waals surface area contributed by atoms with Gasteiger partial charge >= 0.3 is 6.18 Å². The molecule has 6 nitrogen and oxygen atoms in total. The number of halogens is 3. The van der Waals surface area contributed by atoms with Crippen LogP contribution >= 0.6 is 0 Å². The zero-order chi connectivity index (χ0) is 21.6. The highest BCUT2D eigenvalue weighted by Gasteiger charge is 2.39. The maximum atomic E-state index is 13.0. The number of piperidine rings is 1. The first-order chi connectivity index (χ1) is 14.9. The van der Waals surface area contributed by atoms with Crippen molar-refractivity contribution in [2.24, 2.45) is 0 Å². The second-order valence-corrected chi connectivity index (χ2v) is 8.12. The van der Waals surface area contributed by atoms with E-state index in [2.05, 4.69) is 20.1 Å². The van der Waals surface area contributed by atoms with Gasteiger partial charge in [-0.15, -0.1) is 10.2 Å². The third-order valence-corrected chi connectivity index (χ3v) is 6.26. The minimum Gasteiger partial charge on any atom is -0.507 e. The molecule has 2 aliphatic heterocycles. The number of hydrogen-bond donors (Lipinski definition) is 1. The highest BCUT2D eigenvalue weighted by molar-refractivity contribution is 5.98. The predicted molar refractivity (Wildman–Crippen MR) is 109 cm³/mol. The molecule has 2 fully saturated rings. The van der Waals surface area contributed by atoms with Crippen molar-refractivity contribution >= 4 is 16.7 Å². The second kappa shape index (κ2) is 7.33. The number of phenols is 1. The molecule has 9 heteroatoms. The van der Waals surface area contributed by atoms with Gasteiger partial charge in [-0.1, -0.05) is 0 Å². The third kappa shape index (κ3) is 3.56. The molecule has 1 N–H and O–H groups in total. The Hall–Kier alpha value is -2.94. The van der Waals surface area contributed by atoms with Crippen LogP contribution < -0.4 is 4.90 Å². The van der Waals surface area contributed by atoms with Gasteiger partial charge < -0.3 is 14.7 Å². The Balaban J connectivity index is 1.52. The smallest absolute Gasteiger partial charge is 0.416 e. The molecule has 5 rings (SSSR count). The van der Waals surface area contributed by atoms with Crippen LogP contribution in [-0.2, 0) is 10.9 Å². The van der Waals surface area contributed by atoms with E-state index in [1.54, 1.807) is 18.3 Å². The van der Waals surface area contributed by atoms with Gasteiger partial charge in [-0.05, 0) is 56.0 Å². The van der Waals surface area contributed by atoms with E-state index >= 15 is 0 Å². The number of ether oxygens (including phenoxy) is 1. The van der Waals surface area contributed by atoms with Crippen molar-refractivity contribution in [3.05, 3.63) is 42.1 Å². The van der Waals surface area contributed by atoms with Crippen molar-refractivity contribution in [1.29, 1.82) is 0 Å². The number of phenolic OH excluding ortho intramolecular Hbond substituents is 1. The lowest BCUT2D eigenvalue weighted by atomic mass is 9.88. The van der Waals surface area contributed by atoms with Crippen molar-refractivity contribution in [3.8, 4) is 17.0 Å². The average molecular weight is 430 g/mol. The molecule has 1 aromatic carbocycles. The zero-order valence-corrected chi connectivity index (χ0v) is 16.7. The number of hydrogen-bond acceptors (Lipinski definition) is 6. The summed E-state index contributed by atoms with van der Waals surface area (Å²) in [6.07, 6.45) is 1.10. The summed E-state index contributed by atoms with van der Waals surface area (Å²) >= 11 is 0. The summed E-state index contributed by atoms with van der Waals surface area (Å²) in [5.74, 6) is 0.138. The molecule has 0 amide bonds. The number of aromatic hydroxyl groups is 1. The fourth-order valence-corrected chi connectivity index (χ4v) is 4.57. The van der Waals surface area contributed by atoms with Crippen LogP contribution in [0.1, 0.15) is 31.2 Å². The van der Waals surface area contributed by atoms with E-state index < -0.39 is 17.5 Å². The van der Waals surface area contributed by atoms with Crippen LogP contribution in [0.25, 0.3) is 22.2 Å². The van der Waals surface area contributed by atoms with Crippen LogP contribution in [-0.4, -0.2) is 45.6 Å². The summed E-state index contributed by atoms with van der Waals surface area (Å²) in [4.78, 5) is 6.61. The number of alkyl halides is 3. The molecular weight excluding hydrogens is 409 g/mol. The molecule has 31 heavy (non-hydrogen) atoms. The first-order valence-electron chi connectivity index (χ1n) is 10.3. The van der Waals surface area contributed by atoms with Gasteiger partial charge in [0.15, 0.2) is 5.82 Å². The van der Waals surface area contributed by atoms with Gasteiger partial charge in [-0.25, -0.2) is 0 Å². The van der Waals surface area contributed by atoms with Crippen LogP contribution in [0.15, 0.2) is 36.5 Å². The number of benzene rings is 1. The summed E-state index contributed by atoms with van der Waals surface area (Å²) in [7, 11) is 0. The van der Waals surface area contributed by atoms with Gasteiger partial charge in [-0.3, -0.25) is 4.98 Å². The van der Waals surface area contributed by atoms with Gasteiger partial charge in [-0.2, -0.15) is 13.2 Å². The van der Waals surface area contributed by atoms with E-state index in [-0.39, 0.29) is 11.2 Å². The van der Waals surface area contributed by atoms with Gasteiger partial charge in [0.2, 0.25) is 0 Å². The molecule has 3 aromatic rings. The molecule has 1 spiro atoms. The van der Waals surface area contributed by atoms with Gasteiger partial charge in [0.25, 0.3) is 0 Å². The standard InChI is InChI=1S/C22H21F3N4O2/c23-22(24,25)14-4-5-15(17(30)13-14)18-16-3-1-9-26-19(16)20(28-27-18)29-10-7-21(8-11-29)6-2-12-31-21/h1,3-5,9,13,30H,2,6-8,10-12H2. The van der Waals surface area contributed by atoms with Gasteiger partial charge in [0.1, 0.15) is 17.0 Å². The highest BCUT2D eigenvalue weighted by atomic mass is 19.4. The Morgan fingerprint density at radius 3 is 2.55 bits per heavy atom. The largest absolute Gasteiger partial charge is 0.507 e. The van der Waals surface area contributed by atoms with Crippen LogP contribution in [0.2, 0.25) is 0 Å². The van der Waals surface area contributed by atoms with Crippen LogP contribution in [0, 0.1) is 0 Å². The minimum absolute atomic E-state index is 0.0287. The normalized spacial score (nSPS) is 18.7. The van der Waals surface area contributed by atoms with Crippen molar-refractivity contribution in [3.63, 3.8) is 0 Å². The van der Waals surface area contributed by atoms with Crippen molar-refractivity contribution < 1.29 is 23.0 Å². The molecule has 0 bridgehead atoms. The van der Waals surface area contributed by atoms with E-state index in [0.29, 0.717) is 28.5 Å². The lowest BCUT2D eigenvalue weighted by Crippen LogP contribution is -2.44. The Kier molecular flexibility index (Phi) is 4.73. The summed E-state index contributed by atoms with van der Waals surface area (Å²) < 4.78 is 44.9. The van der Waals surface area contributed by atoms with E-state index in [1.165, 1.54) is 6.07 Å². The van der Waals surface area contributed by atoms with Crippen molar-refractivity contribution in [2.45, 2.75) is 37.5 Å². The number of aromatic nitrogens is 3. The number of fused-ring (bicyclic) bond motifs is 1. The maximum absolute atomic E-state index is 13.0. The van der Waals surface area contributed by atoms with E-state index in [0.717, 1.165) is 51.4 Å². The third-order valence-electron chi connectivity index (χ3n) is 6.26. The topological polar surface area (TPSA) is 71.4 Å². The van der Waals surface area contributed by atoms with Crippen LogP contribution in [0.3, 0.4) is 0 Å². The number of anilines is 1. The monoisotopic (exact) mass is 430 g/mol. The Bertz CT molecular complexity index is 1120. The van der Waals surface area contributed by atoms with Crippen molar-refractivity contribution in [2.75, 3.05) is 24.6 Å². The average Bonchev–Trinajstić information content (AvgIpc) is 3.21. The Labute approximate surface area is 176 Å². The first kappa shape index (κ1) is 20.0. The fourth-order valence-electron chi connectivity index (χ4n) is 4.57. The van der Waals surface area contributed by atoms with Gasteiger partial charge in [0.05, 0.1) is 11.2 Å². The highest BCUT2D eigenvalue weighted by Crippen LogP contribution is 2.40. The van der Waals surface area contributed by atoms with Crippen molar-refractivity contribution in [1.82, 2.24) is 15.2 Å². The Morgan fingerprint density at radius 1 is 1.06 bits per heavy atom. The van der Waals surface area contributed by atoms with Crippen LogP contribution in [0.5, 0.6) is 5.75 Å². The molecule has 0 unspecified atom stereocenters. The molecule has 2 aliphatic rings. The molecule has 0 radical (unpaired) electrons. The minimum atomic E-state index is -4.54. The molecule has 2 aromatic heterocycles. The van der Waals surface area contributed by atoms with Crippen LogP contribution in [0.4, 0.5) is 19.0 Å². The number of rotatable bonds is 2. The lowest BCUT2D eigenvalue weighted by Gasteiger charge is -2.39. The van der Waals surface area contributed by atoms with E-state index in [9.17, 15) is 18.3 Å². The molecular formula is C22H21F3N4O2. The molecule has 0 saturated carbocycles. The summed E-state index contributed by atoms with van der Waals surface area (Å²) in [5.41, 5.74) is 0.138. The first-order valence-corrected chi connectivity index (χ1v) is 10.3.